The van der Waals surface area contributed by atoms with E-state index in [0.717, 1.165) is 15.9 Å². The molecule has 0 spiro atoms. The number of imidazole rings is 1. The lowest BCUT2D eigenvalue weighted by atomic mass is 10.2. The van der Waals surface area contributed by atoms with E-state index in [1.54, 1.807) is 0 Å². The number of aliphatic hydroxyl groups is 1. The van der Waals surface area contributed by atoms with Crippen molar-refractivity contribution < 1.29 is 5.11 Å². The number of aromatic nitrogens is 2. The van der Waals surface area contributed by atoms with Crippen molar-refractivity contribution in [2.24, 2.45) is 7.05 Å². The molecule has 3 rings (SSSR count). The molecule has 23 heavy (non-hydrogen) atoms. The fourth-order valence-electron chi connectivity index (χ4n) is 2.35. The Labute approximate surface area is 138 Å². The van der Waals surface area contributed by atoms with Gasteiger partial charge < -0.3 is 9.67 Å². The van der Waals surface area contributed by atoms with Gasteiger partial charge in [0.2, 0.25) is 0 Å². The molecule has 2 aromatic carbocycles. The fourth-order valence-corrected chi connectivity index (χ4v) is 3.15. The van der Waals surface area contributed by atoms with Gasteiger partial charge in [-0.1, -0.05) is 30.3 Å². The highest BCUT2D eigenvalue weighted by atomic mass is 32.2. The van der Waals surface area contributed by atoms with E-state index in [4.69, 9.17) is 0 Å². The van der Waals surface area contributed by atoms with Crippen LogP contribution in [-0.2, 0) is 7.05 Å². The molecule has 0 unspecified atom stereocenters. The summed E-state index contributed by atoms with van der Waals surface area (Å²) in [6, 6.07) is 19.5. The second-order valence-electron chi connectivity index (χ2n) is 5.02. The van der Waals surface area contributed by atoms with Crippen molar-refractivity contribution in [2.45, 2.75) is 4.90 Å². The molecule has 1 heterocycles. The highest BCUT2D eigenvalue weighted by molar-refractivity contribution is 7.99. The van der Waals surface area contributed by atoms with Gasteiger partial charge in [-0.3, -0.25) is 0 Å². The summed E-state index contributed by atoms with van der Waals surface area (Å²) in [5, 5.41) is 19.8. The van der Waals surface area contributed by atoms with Crippen molar-refractivity contribution in [3.63, 3.8) is 0 Å². The van der Waals surface area contributed by atoms with Crippen molar-refractivity contribution in [3.8, 4) is 6.07 Å². The number of para-hydroxylation sites is 2. The topological polar surface area (TPSA) is 61.8 Å². The maximum absolute atomic E-state index is 10.4. The highest BCUT2D eigenvalue weighted by Crippen LogP contribution is 2.25. The largest absolute Gasteiger partial charge is 0.510 e. The zero-order valence-corrected chi connectivity index (χ0v) is 13.4. The first-order valence-electron chi connectivity index (χ1n) is 7.12. The van der Waals surface area contributed by atoms with E-state index in [1.807, 2.05) is 66.2 Å². The van der Waals surface area contributed by atoms with E-state index in [0.29, 0.717) is 11.6 Å². The SMILES string of the molecule is Cn1c(C(C#N)=C(O)CSc2ccccc2)nc2ccccc21. The van der Waals surface area contributed by atoms with Crippen LogP contribution in [0.2, 0.25) is 0 Å². The van der Waals surface area contributed by atoms with Crippen LogP contribution in [0, 0.1) is 11.3 Å². The van der Waals surface area contributed by atoms with Crippen molar-refractivity contribution in [1.82, 2.24) is 9.55 Å². The Morgan fingerprint density at radius 3 is 2.57 bits per heavy atom. The second kappa shape index (κ2) is 6.59. The molecule has 114 valence electrons. The molecule has 0 aliphatic heterocycles. The summed E-state index contributed by atoms with van der Waals surface area (Å²) in [4.78, 5) is 5.52. The van der Waals surface area contributed by atoms with Crippen molar-refractivity contribution in [2.75, 3.05) is 5.75 Å². The minimum absolute atomic E-state index is 0.0414. The van der Waals surface area contributed by atoms with Crippen LogP contribution >= 0.6 is 11.8 Å². The molecular formula is C18H15N3OS. The maximum atomic E-state index is 10.4. The van der Waals surface area contributed by atoms with E-state index in [2.05, 4.69) is 11.1 Å². The minimum atomic E-state index is 0.0414. The van der Waals surface area contributed by atoms with Gasteiger partial charge in [0.1, 0.15) is 17.4 Å². The van der Waals surface area contributed by atoms with Gasteiger partial charge in [-0.05, 0) is 24.3 Å². The van der Waals surface area contributed by atoms with Gasteiger partial charge in [0.15, 0.2) is 5.82 Å². The third kappa shape index (κ3) is 3.08. The van der Waals surface area contributed by atoms with Gasteiger partial charge >= 0.3 is 0 Å². The summed E-state index contributed by atoms with van der Waals surface area (Å²) in [6.07, 6.45) is 0. The summed E-state index contributed by atoms with van der Waals surface area (Å²) >= 11 is 1.48. The van der Waals surface area contributed by atoms with Crippen molar-refractivity contribution in [1.29, 1.82) is 5.26 Å². The van der Waals surface area contributed by atoms with Gasteiger partial charge in [-0.25, -0.2) is 4.98 Å². The number of rotatable bonds is 4. The molecule has 0 bridgehead atoms. The van der Waals surface area contributed by atoms with E-state index in [9.17, 15) is 10.4 Å². The first-order valence-corrected chi connectivity index (χ1v) is 8.11. The summed E-state index contributed by atoms with van der Waals surface area (Å²) < 4.78 is 1.83. The Morgan fingerprint density at radius 2 is 1.87 bits per heavy atom. The van der Waals surface area contributed by atoms with Crippen LogP contribution in [0.15, 0.2) is 65.3 Å². The summed E-state index contributed by atoms with van der Waals surface area (Å²) in [5.41, 5.74) is 1.95. The Kier molecular flexibility index (Phi) is 4.35. The normalized spacial score (nSPS) is 12.0. The number of thioether (sulfide) groups is 1. The average molecular weight is 321 g/mol. The maximum Gasteiger partial charge on any atom is 0.155 e. The lowest BCUT2D eigenvalue weighted by Gasteiger charge is -2.05. The van der Waals surface area contributed by atoms with Crippen LogP contribution in [0.3, 0.4) is 0 Å². The predicted molar refractivity (Wildman–Crippen MR) is 93.0 cm³/mol. The molecule has 0 saturated carbocycles. The molecule has 0 fully saturated rings. The van der Waals surface area contributed by atoms with Crippen LogP contribution in [0.25, 0.3) is 16.6 Å². The van der Waals surface area contributed by atoms with Gasteiger partial charge in [-0.15, -0.1) is 11.8 Å². The standard InChI is InChI=1S/C18H15N3OS/c1-21-16-10-6-5-9-15(16)20-18(21)14(11-19)17(22)12-23-13-7-3-2-4-8-13/h2-10,22H,12H2,1H3. The molecule has 0 aliphatic rings. The highest BCUT2D eigenvalue weighted by Gasteiger charge is 2.16. The number of nitrogens with zero attached hydrogens (tertiary/aromatic N) is 3. The Morgan fingerprint density at radius 1 is 1.17 bits per heavy atom. The summed E-state index contributed by atoms with van der Waals surface area (Å²) in [6.45, 7) is 0. The third-order valence-electron chi connectivity index (χ3n) is 3.53. The van der Waals surface area contributed by atoms with Crippen LogP contribution in [0.4, 0.5) is 0 Å². The van der Waals surface area contributed by atoms with Crippen LogP contribution < -0.4 is 0 Å². The lowest BCUT2D eigenvalue weighted by molar-refractivity contribution is 0.420. The Hall–Kier alpha value is -2.71. The third-order valence-corrected chi connectivity index (χ3v) is 4.55. The first kappa shape index (κ1) is 15.2. The van der Waals surface area contributed by atoms with Crippen molar-refractivity contribution in [3.05, 3.63) is 66.2 Å². The van der Waals surface area contributed by atoms with E-state index in [-0.39, 0.29) is 11.3 Å². The fraction of sp³-hybridized carbons (Fsp3) is 0.111. The zero-order valence-electron chi connectivity index (χ0n) is 12.6. The molecule has 3 aromatic rings. The van der Waals surface area contributed by atoms with Gasteiger partial charge in [0.05, 0.1) is 16.8 Å². The minimum Gasteiger partial charge on any atom is -0.510 e. The lowest BCUT2D eigenvalue weighted by Crippen LogP contribution is -2.00. The molecule has 0 saturated heterocycles. The molecule has 0 atom stereocenters. The second-order valence-corrected chi connectivity index (χ2v) is 6.07. The average Bonchev–Trinajstić information content (AvgIpc) is 2.92. The summed E-state index contributed by atoms with van der Waals surface area (Å²) in [5.74, 6) is 0.857. The molecule has 4 nitrogen and oxygen atoms in total. The zero-order chi connectivity index (χ0) is 16.2. The van der Waals surface area contributed by atoms with E-state index < -0.39 is 0 Å². The Bertz CT molecular complexity index is 907. The molecule has 0 aliphatic carbocycles. The number of benzene rings is 2. The number of nitriles is 1. The monoisotopic (exact) mass is 321 g/mol. The van der Waals surface area contributed by atoms with Gasteiger partial charge in [0, 0.05) is 11.9 Å². The number of fused-ring (bicyclic) bond motifs is 1. The number of aliphatic hydroxyl groups excluding tert-OH is 1. The molecule has 1 N–H and O–H groups in total. The van der Waals surface area contributed by atoms with Crippen LogP contribution in [0.5, 0.6) is 0 Å². The quantitative estimate of drug-likeness (QED) is 0.445. The van der Waals surface area contributed by atoms with E-state index >= 15 is 0 Å². The van der Waals surface area contributed by atoms with E-state index in [1.165, 1.54) is 11.8 Å². The molecule has 0 radical (unpaired) electrons. The number of hydrogen-bond donors (Lipinski definition) is 1. The Balaban J connectivity index is 1.93. The smallest absolute Gasteiger partial charge is 0.155 e. The first-order chi connectivity index (χ1) is 11.2. The van der Waals surface area contributed by atoms with Crippen LogP contribution in [0.1, 0.15) is 5.82 Å². The molecular weight excluding hydrogens is 306 g/mol. The number of hydrogen-bond acceptors (Lipinski definition) is 4. The number of aryl methyl sites for hydroxylation is 1. The van der Waals surface area contributed by atoms with Crippen LogP contribution in [-0.4, -0.2) is 20.4 Å². The van der Waals surface area contributed by atoms with Gasteiger partial charge in [0.25, 0.3) is 0 Å². The van der Waals surface area contributed by atoms with Gasteiger partial charge in [-0.2, -0.15) is 5.26 Å². The summed E-state index contributed by atoms with van der Waals surface area (Å²) in [7, 11) is 1.85. The molecule has 0 amide bonds. The predicted octanol–water partition coefficient (Wildman–Crippen LogP) is 4.16. The van der Waals surface area contributed by atoms with Crippen molar-refractivity contribution >= 4 is 28.4 Å². The molecule has 5 heteroatoms. The number of allylic oxidation sites excluding steroid dienone is 1. The molecule has 1 aromatic heterocycles.